The number of nitrogens with zero attached hydrogens (tertiary/aromatic N) is 3. The lowest BCUT2D eigenvalue weighted by atomic mass is 10.0. The quantitative estimate of drug-likeness (QED) is 0.422. The minimum atomic E-state index is -0.467. The molecule has 1 fully saturated rings. The molecule has 1 amide bonds. The summed E-state index contributed by atoms with van der Waals surface area (Å²) in [6.07, 6.45) is 0. The van der Waals surface area contributed by atoms with Crippen molar-refractivity contribution in [3.05, 3.63) is 44.9 Å². The number of amides is 1. The van der Waals surface area contributed by atoms with Crippen LogP contribution in [0.2, 0.25) is 0 Å². The molecule has 1 aliphatic heterocycles. The zero-order valence-electron chi connectivity index (χ0n) is 19.2. The Morgan fingerprint density at radius 2 is 1.94 bits per heavy atom. The maximum absolute atomic E-state index is 13.4. The van der Waals surface area contributed by atoms with E-state index in [9.17, 15) is 14.4 Å². The molecule has 0 aliphatic carbocycles. The van der Waals surface area contributed by atoms with E-state index < -0.39 is 5.97 Å². The predicted octanol–water partition coefficient (Wildman–Crippen LogP) is 2.63. The minimum absolute atomic E-state index is 0.0446. The second-order valence-electron chi connectivity index (χ2n) is 7.75. The van der Waals surface area contributed by atoms with Gasteiger partial charge in [0.15, 0.2) is 5.78 Å². The van der Waals surface area contributed by atoms with Crippen molar-refractivity contribution >= 4 is 29.0 Å². The Bertz CT molecular complexity index is 961. The number of methoxy groups -OCH3 is 1. The Labute approximate surface area is 192 Å². The molecule has 0 atom stereocenters. The van der Waals surface area contributed by atoms with Gasteiger partial charge in [-0.25, -0.2) is 4.79 Å². The number of hydrogen-bond donors (Lipinski definition) is 0. The molecule has 9 heteroatoms. The Morgan fingerprint density at radius 3 is 2.53 bits per heavy atom. The number of esters is 1. The molecule has 1 aliphatic rings. The number of morpholine rings is 1. The minimum Gasteiger partial charge on any atom is -0.464 e. The van der Waals surface area contributed by atoms with Crippen LogP contribution in [0, 0.1) is 13.8 Å². The van der Waals surface area contributed by atoms with Crippen LogP contribution in [0.3, 0.4) is 0 Å². The molecule has 0 radical (unpaired) electrons. The standard InChI is InChI=1S/C23H31N3O5S/c1-5-26-17(3)20(16(2)21(26)23(29)30-4)18(27)15-25(22(28)19-7-6-14-32-19)9-8-24-10-12-31-13-11-24/h6-7,14H,5,8-13,15H2,1-4H3. The van der Waals surface area contributed by atoms with Gasteiger partial charge in [0.1, 0.15) is 5.69 Å². The van der Waals surface area contributed by atoms with Crippen molar-refractivity contribution in [2.24, 2.45) is 0 Å². The van der Waals surface area contributed by atoms with E-state index in [1.807, 2.05) is 25.3 Å². The highest BCUT2D eigenvalue weighted by molar-refractivity contribution is 7.12. The van der Waals surface area contributed by atoms with E-state index in [2.05, 4.69) is 4.90 Å². The summed E-state index contributed by atoms with van der Waals surface area (Å²) < 4.78 is 12.1. The van der Waals surface area contributed by atoms with Crippen molar-refractivity contribution in [3.63, 3.8) is 0 Å². The van der Waals surface area contributed by atoms with Crippen LogP contribution in [0.1, 0.15) is 48.7 Å². The van der Waals surface area contributed by atoms with E-state index >= 15 is 0 Å². The van der Waals surface area contributed by atoms with E-state index in [0.717, 1.165) is 13.1 Å². The molecule has 32 heavy (non-hydrogen) atoms. The summed E-state index contributed by atoms with van der Waals surface area (Å²) in [5.74, 6) is -0.797. The van der Waals surface area contributed by atoms with E-state index in [1.54, 1.807) is 22.5 Å². The first kappa shape index (κ1) is 24.2. The molecule has 0 aromatic carbocycles. The lowest BCUT2D eigenvalue weighted by Crippen LogP contribution is -2.44. The number of ketones is 1. The van der Waals surface area contributed by atoms with Crippen LogP contribution in [0.25, 0.3) is 0 Å². The Hall–Kier alpha value is -2.49. The average molecular weight is 462 g/mol. The SMILES string of the molecule is CCn1c(C)c(C(=O)CN(CCN2CCOCC2)C(=O)c2cccs2)c(C)c1C(=O)OC. The molecule has 3 rings (SSSR count). The summed E-state index contributed by atoms with van der Waals surface area (Å²) in [7, 11) is 1.33. The largest absolute Gasteiger partial charge is 0.464 e. The van der Waals surface area contributed by atoms with Gasteiger partial charge in [0, 0.05) is 44.0 Å². The average Bonchev–Trinajstić information content (AvgIpc) is 3.42. The van der Waals surface area contributed by atoms with Gasteiger partial charge in [-0.1, -0.05) is 6.07 Å². The fourth-order valence-electron chi connectivity index (χ4n) is 4.21. The van der Waals surface area contributed by atoms with E-state index in [1.165, 1.54) is 18.4 Å². The number of aromatic nitrogens is 1. The second-order valence-corrected chi connectivity index (χ2v) is 8.70. The molecule has 0 N–H and O–H groups in total. The zero-order valence-corrected chi connectivity index (χ0v) is 20.0. The highest BCUT2D eigenvalue weighted by Gasteiger charge is 2.29. The first-order chi connectivity index (χ1) is 15.4. The summed E-state index contributed by atoms with van der Waals surface area (Å²) in [6.45, 7) is 10.1. The van der Waals surface area contributed by atoms with Gasteiger partial charge in [0.2, 0.25) is 0 Å². The van der Waals surface area contributed by atoms with Crippen molar-refractivity contribution in [1.82, 2.24) is 14.4 Å². The molecule has 174 valence electrons. The second kappa shape index (κ2) is 10.9. The van der Waals surface area contributed by atoms with E-state index in [4.69, 9.17) is 9.47 Å². The molecule has 1 saturated heterocycles. The first-order valence-electron chi connectivity index (χ1n) is 10.8. The summed E-state index contributed by atoms with van der Waals surface area (Å²) in [6, 6.07) is 3.61. The predicted molar refractivity (Wildman–Crippen MR) is 123 cm³/mol. The molecular weight excluding hydrogens is 430 g/mol. The van der Waals surface area contributed by atoms with Gasteiger partial charge in [0.05, 0.1) is 31.7 Å². The van der Waals surface area contributed by atoms with Crippen molar-refractivity contribution in [1.29, 1.82) is 0 Å². The molecule has 0 saturated carbocycles. The lowest BCUT2D eigenvalue weighted by molar-refractivity contribution is 0.0324. The van der Waals surface area contributed by atoms with Gasteiger partial charge in [-0.05, 0) is 37.8 Å². The number of hydrogen-bond acceptors (Lipinski definition) is 7. The molecule has 2 aromatic rings. The topological polar surface area (TPSA) is 81.1 Å². The Balaban J connectivity index is 1.85. The monoisotopic (exact) mass is 461 g/mol. The van der Waals surface area contributed by atoms with Gasteiger partial charge in [-0.15, -0.1) is 11.3 Å². The Kier molecular flexibility index (Phi) is 8.22. The first-order valence-corrected chi connectivity index (χ1v) is 11.7. The van der Waals surface area contributed by atoms with Gasteiger partial charge < -0.3 is 18.9 Å². The number of carbonyl (C=O) groups excluding carboxylic acids is 3. The van der Waals surface area contributed by atoms with Crippen LogP contribution >= 0.6 is 11.3 Å². The summed E-state index contributed by atoms with van der Waals surface area (Å²) in [5.41, 5.74) is 2.19. The van der Waals surface area contributed by atoms with Crippen LogP contribution < -0.4 is 0 Å². The van der Waals surface area contributed by atoms with Crippen LogP contribution in [0.15, 0.2) is 17.5 Å². The van der Waals surface area contributed by atoms with Gasteiger partial charge in [0.25, 0.3) is 5.91 Å². The fraction of sp³-hybridized carbons (Fsp3) is 0.522. The number of ether oxygens (including phenoxy) is 2. The summed E-state index contributed by atoms with van der Waals surface area (Å²) in [5, 5.41) is 1.85. The molecule has 0 spiro atoms. The van der Waals surface area contributed by atoms with Crippen LogP contribution in [0.4, 0.5) is 0 Å². The molecule has 8 nitrogen and oxygen atoms in total. The third-order valence-corrected chi connectivity index (χ3v) is 6.74. The fourth-order valence-corrected chi connectivity index (χ4v) is 4.90. The number of Topliss-reactive ketones (excluding diaryl/α,β-unsaturated/α-hetero) is 1. The molecule has 0 bridgehead atoms. The summed E-state index contributed by atoms with van der Waals surface area (Å²) >= 11 is 1.37. The van der Waals surface area contributed by atoms with Gasteiger partial charge >= 0.3 is 5.97 Å². The maximum Gasteiger partial charge on any atom is 0.354 e. The number of rotatable bonds is 9. The molecule has 2 aromatic heterocycles. The van der Waals surface area contributed by atoms with E-state index in [0.29, 0.717) is 60.2 Å². The molecule has 3 heterocycles. The molecular formula is C23H31N3O5S. The number of carbonyl (C=O) groups is 3. The van der Waals surface area contributed by atoms with Gasteiger partial charge in [-0.2, -0.15) is 0 Å². The van der Waals surface area contributed by atoms with Crippen LogP contribution in [-0.4, -0.2) is 85.1 Å². The lowest BCUT2D eigenvalue weighted by Gasteiger charge is -2.29. The van der Waals surface area contributed by atoms with Crippen molar-refractivity contribution in [2.45, 2.75) is 27.3 Å². The third-order valence-electron chi connectivity index (χ3n) is 5.88. The van der Waals surface area contributed by atoms with Crippen molar-refractivity contribution < 1.29 is 23.9 Å². The normalized spacial score (nSPS) is 14.4. The number of thiophene rings is 1. The van der Waals surface area contributed by atoms with Crippen molar-refractivity contribution in [3.8, 4) is 0 Å². The summed E-state index contributed by atoms with van der Waals surface area (Å²) in [4.78, 5) is 43.4. The third kappa shape index (κ3) is 5.11. The van der Waals surface area contributed by atoms with Gasteiger partial charge in [-0.3, -0.25) is 14.5 Å². The maximum atomic E-state index is 13.4. The van der Waals surface area contributed by atoms with Crippen LogP contribution in [0.5, 0.6) is 0 Å². The Morgan fingerprint density at radius 1 is 1.22 bits per heavy atom. The highest BCUT2D eigenvalue weighted by atomic mass is 32.1. The molecule has 0 unspecified atom stereocenters. The smallest absolute Gasteiger partial charge is 0.354 e. The zero-order chi connectivity index (χ0) is 23.3. The highest BCUT2D eigenvalue weighted by Crippen LogP contribution is 2.24. The van der Waals surface area contributed by atoms with Crippen molar-refractivity contribution in [2.75, 3.05) is 53.0 Å². The van der Waals surface area contributed by atoms with E-state index in [-0.39, 0.29) is 18.2 Å². The van der Waals surface area contributed by atoms with Crippen LogP contribution in [-0.2, 0) is 16.0 Å².